The summed E-state index contributed by atoms with van der Waals surface area (Å²) >= 11 is 0. The summed E-state index contributed by atoms with van der Waals surface area (Å²) in [6.07, 6.45) is 0. The zero-order valence-electron chi connectivity index (χ0n) is 20.4. The molecule has 4 aromatic rings. The van der Waals surface area contributed by atoms with Gasteiger partial charge in [-0.05, 0) is 61.9 Å². The van der Waals surface area contributed by atoms with Crippen molar-refractivity contribution in [2.75, 3.05) is 29.9 Å². The Hall–Kier alpha value is -4.17. The number of aromatic amines is 1. The molecule has 4 N–H and O–H groups in total. The van der Waals surface area contributed by atoms with Crippen LogP contribution in [0.15, 0.2) is 72.8 Å². The second kappa shape index (κ2) is 10.2. The maximum absolute atomic E-state index is 12.9. The Morgan fingerprint density at radius 3 is 2.50 bits per heavy atom. The van der Waals surface area contributed by atoms with E-state index < -0.39 is 0 Å². The van der Waals surface area contributed by atoms with Gasteiger partial charge in [0.15, 0.2) is 5.82 Å². The average Bonchev–Trinajstić information content (AvgIpc) is 3.31. The lowest BCUT2D eigenvalue weighted by molar-refractivity contribution is 0.0939. The number of anilines is 2. The third-order valence-electron chi connectivity index (χ3n) is 6.57. The van der Waals surface area contributed by atoms with Crippen molar-refractivity contribution in [2.45, 2.75) is 25.9 Å². The van der Waals surface area contributed by atoms with Gasteiger partial charge in [0.2, 0.25) is 0 Å². The predicted molar refractivity (Wildman–Crippen MR) is 142 cm³/mol. The molecule has 184 valence electrons. The molecule has 1 saturated heterocycles. The number of hydrogen-bond acceptors (Lipinski definition) is 5. The Labute approximate surface area is 210 Å². The molecule has 8 nitrogen and oxygen atoms in total. The minimum atomic E-state index is -0.254. The standard InChI is InChI=1S/C28H30N6O2/c1-18-17-34(15-14-29-18)23-11-8-21(9-12-23)27(35)31-26-24-16-22(10-13-25(24)32-33-26)28(36)30-19(2)20-6-4-3-5-7-20/h3-13,16,18-19,29H,14-15,17H2,1-2H3,(H,30,36)(H2,31,32,33,35)/t18-,19?/m1/s1. The van der Waals surface area contributed by atoms with E-state index in [4.69, 9.17) is 0 Å². The number of amides is 2. The molecule has 0 spiro atoms. The van der Waals surface area contributed by atoms with Gasteiger partial charge in [-0.3, -0.25) is 14.7 Å². The van der Waals surface area contributed by atoms with Crippen LogP contribution in [0.5, 0.6) is 0 Å². The quantitative estimate of drug-likeness (QED) is 0.331. The fourth-order valence-corrected chi connectivity index (χ4v) is 4.53. The van der Waals surface area contributed by atoms with Gasteiger partial charge in [-0.1, -0.05) is 30.3 Å². The molecule has 1 aromatic heterocycles. The predicted octanol–water partition coefficient (Wildman–Crippen LogP) is 4.10. The van der Waals surface area contributed by atoms with Crippen molar-refractivity contribution in [1.82, 2.24) is 20.8 Å². The first-order valence-electron chi connectivity index (χ1n) is 12.2. The molecule has 0 saturated carbocycles. The summed E-state index contributed by atoms with van der Waals surface area (Å²) in [6.45, 7) is 6.94. The van der Waals surface area contributed by atoms with Crippen molar-refractivity contribution in [3.8, 4) is 0 Å². The molecule has 3 aromatic carbocycles. The van der Waals surface area contributed by atoms with E-state index in [0.29, 0.717) is 28.4 Å². The molecule has 1 aliphatic heterocycles. The van der Waals surface area contributed by atoms with Gasteiger partial charge >= 0.3 is 0 Å². The highest BCUT2D eigenvalue weighted by atomic mass is 16.2. The van der Waals surface area contributed by atoms with E-state index >= 15 is 0 Å². The molecule has 2 heterocycles. The molecule has 36 heavy (non-hydrogen) atoms. The van der Waals surface area contributed by atoms with Crippen molar-refractivity contribution in [2.24, 2.45) is 0 Å². The van der Waals surface area contributed by atoms with Gasteiger partial charge in [0.1, 0.15) is 0 Å². The molecular weight excluding hydrogens is 452 g/mol. The molecule has 0 aliphatic carbocycles. The fraction of sp³-hybridized carbons (Fsp3) is 0.250. The summed E-state index contributed by atoms with van der Waals surface area (Å²) in [5, 5.41) is 17.2. The van der Waals surface area contributed by atoms with Gasteiger partial charge in [-0.25, -0.2) is 0 Å². The van der Waals surface area contributed by atoms with Crippen LogP contribution in [0.4, 0.5) is 11.5 Å². The molecule has 2 amide bonds. The molecule has 1 fully saturated rings. The van der Waals surface area contributed by atoms with E-state index in [9.17, 15) is 9.59 Å². The van der Waals surface area contributed by atoms with E-state index in [2.05, 4.69) is 38.0 Å². The van der Waals surface area contributed by atoms with E-state index in [1.54, 1.807) is 18.2 Å². The molecule has 1 unspecified atom stereocenters. The molecule has 0 radical (unpaired) electrons. The lowest BCUT2D eigenvalue weighted by atomic mass is 10.1. The van der Waals surface area contributed by atoms with Crippen molar-refractivity contribution >= 4 is 34.2 Å². The van der Waals surface area contributed by atoms with E-state index in [1.165, 1.54) is 0 Å². The maximum atomic E-state index is 12.9. The van der Waals surface area contributed by atoms with Gasteiger partial charge in [0, 0.05) is 47.9 Å². The lowest BCUT2D eigenvalue weighted by Gasteiger charge is -2.33. The molecule has 8 heteroatoms. The van der Waals surface area contributed by atoms with Crippen molar-refractivity contribution < 1.29 is 9.59 Å². The Bertz CT molecular complexity index is 1370. The van der Waals surface area contributed by atoms with Crippen LogP contribution in [0.3, 0.4) is 0 Å². The van der Waals surface area contributed by atoms with Crippen LogP contribution in [0, 0.1) is 0 Å². The molecular formula is C28H30N6O2. The summed E-state index contributed by atoms with van der Waals surface area (Å²) < 4.78 is 0. The first-order valence-corrected chi connectivity index (χ1v) is 12.2. The number of carbonyl (C=O) groups is 2. The van der Waals surface area contributed by atoms with Gasteiger partial charge < -0.3 is 20.9 Å². The van der Waals surface area contributed by atoms with Crippen LogP contribution in [-0.4, -0.2) is 47.7 Å². The summed E-state index contributed by atoms with van der Waals surface area (Å²) in [5.74, 6) is -0.0542. The Kier molecular flexibility index (Phi) is 6.69. The van der Waals surface area contributed by atoms with Crippen LogP contribution in [0.1, 0.15) is 46.2 Å². The number of fused-ring (bicyclic) bond motifs is 1. The van der Waals surface area contributed by atoms with Crippen LogP contribution in [-0.2, 0) is 0 Å². The third-order valence-corrected chi connectivity index (χ3v) is 6.57. The highest BCUT2D eigenvalue weighted by Gasteiger charge is 2.18. The second-order valence-electron chi connectivity index (χ2n) is 9.24. The smallest absolute Gasteiger partial charge is 0.256 e. The van der Waals surface area contributed by atoms with Crippen molar-refractivity contribution in [3.63, 3.8) is 0 Å². The Morgan fingerprint density at radius 2 is 1.75 bits per heavy atom. The lowest BCUT2D eigenvalue weighted by Crippen LogP contribution is -2.49. The highest BCUT2D eigenvalue weighted by Crippen LogP contribution is 2.24. The van der Waals surface area contributed by atoms with Gasteiger partial charge in [0.05, 0.1) is 11.6 Å². The second-order valence-corrected chi connectivity index (χ2v) is 9.24. The monoisotopic (exact) mass is 482 g/mol. The molecule has 0 bridgehead atoms. The van der Waals surface area contributed by atoms with Crippen molar-refractivity contribution in [1.29, 1.82) is 0 Å². The van der Waals surface area contributed by atoms with E-state index in [0.717, 1.165) is 36.4 Å². The number of benzene rings is 3. The number of nitrogens with zero attached hydrogens (tertiary/aromatic N) is 2. The zero-order valence-corrected chi connectivity index (χ0v) is 20.4. The van der Waals surface area contributed by atoms with Crippen LogP contribution >= 0.6 is 0 Å². The summed E-state index contributed by atoms with van der Waals surface area (Å²) in [6, 6.07) is 23.0. The first kappa shape index (κ1) is 23.6. The van der Waals surface area contributed by atoms with Gasteiger partial charge in [0.25, 0.3) is 11.8 Å². The largest absolute Gasteiger partial charge is 0.369 e. The highest BCUT2D eigenvalue weighted by molar-refractivity contribution is 6.09. The van der Waals surface area contributed by atoms with E-state index in [1.807, 2.05) is 61.5 Å². The van der Waals surface area contributed by atoms with Gasteiger partial charge in [-0.2, -0.15) is 5.10 Å². The van der Waals surface area contributed by atoms with Gasteiger partial charge in [-0.15, -0.1) is 0 Å². The number of piperazine rings is 1. The minimum absolute atomic E-state index is 0.134. The number of nitrogens with one attached hydrogen (secondary N) is 4. The van der Waals surface area contributed by atoms with Crippen LogP contribution in [0.25, 0.3) is 10.9 Å². The molecule has 2 atom stereocenters. The normalized spacial score (nSPS) is 16.5. The first-order chi connectivity index (χ1) is 17.5. The number of H-pyrrole nitrogens is 1. The van der Waals surface area contributed by atoms with Crippen molar-refractivity contribution in [3.05, 3.63) is 89.5 Å². The number of hydrogen-bond donors (Lipinski definition) is 4. The summed E-state index contributed by atoms with van der Waals surface area (Å²) in [4.78, 5) is 28.2. The number of carbonyl (C=O) groups excluding carboxylic acids is 2. The SMILES string of the molecule is CC(NC(=O)c1ccc2[nH]nc(NC(=O)c3ccc(N4CCN[C@H](C)C4)cc3)c2c1)c1ccccc1. The zero-order chi connectivity index (χ0) is 25.1. The molecule has 1 aliphatic rings. The summed E-state index contributed by atoms with van der Waals surface area (Å²) in [5.41, 5.74) is 3.91. The van der Waals surface area contributed by atoms with Crippen LogP contribution < -0.4 is 20.9 Å². The van der Waals surface area contributed by atoms with Crippen LogP contribution in [0.2, 0.25) is 0 Å². The Morgan fingerprint density at radius 1 is 1.00 bits per heavy atom. The number of aromatic nitrogens is 2. The van der Waals surface area contributed by atoms with E-state index in [-0.39, 0.29) is 17.9 Å². The number of rotatable bonds is 6. The fourth-order valence-electron chi connectivity index (χ4n) is 4.53. The average molecular weight is 483 g/mol. The maximum Gasteiger partial charge on any atom is 0.256 e. The summed E-state index contributed by atoms with van der Waals surface area (Å²) in [7, 11) is 0. The third kappa shape index (κ3) is 5.08. The topological polar surface area (TPSA) is 102 Å². The minimum Gasteiger partial charge on any atom is -0.369 e. The Balaban J connectivity index is 1.29. The molecule has 5 rings (SSSR count).